The summed E-state index contributed by atoms with van der Waals surface area (Å²) >= 11 is 1.69. The van der Waals surface area contributed by atoms with Gasteiger partial charge in [0.1, 0.15) is 5.01 Å². The molecular weight excluding hydrogens is 278 g/mol. The molecule has 0 unspecified atom stereocenters. The maximum Gasteiger partial charge on any atom is 0.107 e. The highest BCUT2D eigenvalue weighted by atomic mass is 32.1. The van der Waals surface area contributed by atoms with Gasteiger partial charge in [0.15, 0.2) is 0 Å². The molecule has 0 aliphatic heterocycles. The Morgan fingerprint density at radius 1 is 0.952 bits per heavy atom. The van der Waals surface area contributed by atoms with Crippen molar-refractivity contribution in [2.45, 2.75) is 6.54 Å². The quantitative estimate of drug-likeness (QED) is 0.738. The molecule has 3 rings (SSSR count). The second-order valence-corrected chi connectivity index (χ2v) is 5.67. The molecule has 2 N–H and O–H groups in total. The Hall–Kier alpha value is -2.17. The molecule has 2 aromatic carbocycles. The minimum absolute atomic E-state index is 0.818. The normalized spacial score (nSPS) is 10.5. The zero-order chi connectivity index (χ0) is 14.5. The first-order valence-electron chi connectivity index (χ1n) is 6.86. The van der Waals surface area contributed by atoms with E-state index in [0.29, 0.717) is 0 Å². The Balaban J connectivity index is 1.74. The Labute approximate surface area is 128 Å². The summed E-state index contributed by atoms with van der Waals surface area (Å²) in [6.45, 7) is 0.818. The number of hydrogen-bond donors (Lipinski definition) is 2. The Morgan fingerprint density at radius 2 is 1.67 bits per heavy atom. The van der Waals surface area contributed by atoms with Crippen molar-refractivity contribution in [3.8, 4) is 11.3 Å². The summed E-state index contributed by atoms with van der Waals surface area (Å²) in [6.07, 6.45) is 0. The van der Waals surface area contributed by atoms with E-state index >= 15 is 0 Å². The molecular formula is C17H17N3S. The summed E-state index contributed by atoms with van der Waals surface area (Å²) in [5.74, 6) is 0. The van der Waals surface area contributed by atoms with E-state index in [9.17, 15) is 0 Å². The van der Waals surface area contributed by atoms with Crippen LogP contribution in [0.5, 0.6) is 0 Å². The first-order valence-corrected chi connectivity index (χ1v) is 7.74. The summed E-state index contributed by atoms with van der Waals surface area (Å²) in [6, 6.07) is 18.5. The lowest BCUT2D eigenvalue weighted by Gasteiger charge is -2.06. The molecule has 0 aliphatic carbocycles. The van der Waals surface area contributed by atoms with Gasteiger partial charge in [-0.15, -0.1) is 11.3 Å². The lowest BCUT2D eigenvalue weighted by atomic mass is 10.1. The van der Waals surface area contributed by atoms with E-state index in [4.69, 9.17) is 0 Å². The molecule has 106 valence electrons. The van der Waals surface area contributed by atoms with Crippen molar-refractivity contribution in [3.05, 3.63) is 65.0 Å². The average molecular weight is 295 g/mol. The standard InChI is InChI=1S/C17H17N3S/c1-18-11-17-20-16(12-21-17)13-7-9-15(10-8-13)19-14-5-3-2-4-6-14/h2-10,12,18-19H,11H2,1H3. The maximum atomic E-state index is 4.62. The fraction of sp³-hybridized carbons (Fsp3) is 0.118. The molecule has 0 spiro atoms. The first-order chi connectivity index (χ1) is 10.3. The lowest BCUT2D eigenvalue weighted by Crippen LogP contribution is -2.04. The van der Waals surface area contributed by atoms with Gasteiger partial charge in [-0.25, -0.2) is 4.98 Å². The summed E-state index contributed by atoms with van der Waals surface area (Å²) in [5.41, 5.74) is 4.36. The Morgan fingerprint density at radius 3 is 2.38 bits per heavy atom. The molecule has 0 saturated carbocycles. The SMILES string of the molecule is CNCc1nc(-c2ccc(Nc3ccccc3)cc2)cs1. The van der Waals surface area contributed by atoms with Crippen LogP contribution in [0.4, 0.5) is 11.4 Å². The minimum Gasteiger partial charge on any atom is -0.356 e. The van der Waals surface area contributed by atoms with Crippen molar-refractivity contribution in [1.29, 1.82) is 0 Å². The van der Waals surface area contributed by atoms with Crippen molar-refractivity contribution in [1.82, 2.24) is 10.3 Å². The lowest BCUT2D eigenvalue weighted by molar-refractivity contribution is 0.811. The van der Waals surface area contributed by atoms with Gasteiger partial charge in [0.2, 0.25) is 0 Å². The number of nitrogens with one attached hydrogen (secondary N) is 2. The van der Waals surface area contributed by atoms with Crippen LogP contribution in [0.3, 0.4) is 0 Å². The largest absolute Gasteiger partial charge is 0.356 e. The molecule has 0 radical (unpaired) electrons. The predicted molar refractivity (Wildman–Crippen MR) is 90.0 cm³/mol. The van der Waals surface area contributed by atoms with Gasteiger partial charge < -0.3 is 10.6 Å². The second kappa shape index (κ2) is 6.52. The Kier molecular flexibility index (Phi) is 4.28. The molecule has 4 heteroatoms. The van der Waals surface area contributed by atoms with E-state index in [0.717, 1.165) is 34.2 Å². The number of hydrogen-bond acceptors (Lipinski definition) is 4. The van der Waals surface area contributed by atoms with Crippen molar-refractivity contribution in [3.63, 3.8) is 0 Å². The molecule has 0 saturated heterocycles. The smallest absolute Gasteiger partial charge is 0.107 e. The highest BCUT2D eigenvalue weighted by Gasteiger charge is 2.04. The Bertz CT molecular complexity index is 690. The van der Waals surface area contributed by atoms with Crippen LogP contribution in [-0.4, -0.2) is 12.0 Å². The van der Waals surface area contributed by atoms with E-state index < -0.39 is 0 Å². The molecule has 1 heterocycles. The van der Waals surface area contributed by atoms with E-state index in [1.807, 2.05) is 25.2 Å². The topological polar surface area (TPSA) is 37.0 Å². The predicted octanol–water partition coefficient (Wildman–Crippen LogP) is 4.27. The summed E-state index contributed by atoms with van der Waals surface area (Å²) in [7, 11) is 1.94. The van der Waals surface area contributed by atoms with Crippen LogP contribution >= 0.6 is 11.3 Å². The summed E-state index contributed by atoms with van der Waals surface area (Å²) in [5, 5.41) is 9.72. The molecule has 0 amide bonds. The number of anilines is 2. The van der Waals surface area contributed by atoms with Crippen LogP contribution < -0.4 is 10.6 Å². The molecule has 21 heavy (non-hydrogen) atoms. The van der Waals surface area contributed by atoms with Crippen LogP contribution in [0.1, 0.15) is 5.01 Å². The third-order valence-electron chi connectivity index (χ3n) is 3.12. The van der Waals surface area contributed by atoms with Crippen LogP contribution in [-0.2, 0) is 6.54 Å². The van der Waals surface area contributed by atoms with Gasteiger partial charge in [0, 0.05) is 28.9 Å². The number of aromatic nitrogens is 1. The van der Waals surface area contributed by atoms with Crippen molar-refractivity contribution in [2.24, 2.45) is 0 Å². The van der Waals surface area contributed by atoms with Gasteiger partial charge in [-0.05, 0) is 31.3 Å². The third kappa shape index (κ3) is 3.48. The van der Waals surface area contributed by atoms with Crippen LogP contribution in [0.2, 0.25) is 0 Å². The number of para-hydroxylation sites is 1. The van der Waals surface area contributed by atoms with E-state index in [1.165, 1.54) is 0 Å². The average Bonchev–Trinajstić information content (AvgIpc) is 2.98. The van der Waals surface area contributed by atoms with Gasteiger partial charge in [-0.1, -0.05) is 30.3 Å². The fourth-order valence-corrected chi connectivity index (χ4v) is 2.90. The van der Waals surface area contributed by atoms with Gasteiger partial charge in [0.25, 0.3) is 0 Å². The molecule has 0 bridgehead atoms. The number of thiazole rings is 1. The zero-order valence-corrected chi connectivity index (χ0v) is 12.7. The van der Waals surface area contributed by atoms with Gasteiger partial charge in [0.05, 0.1) is 5.69 Å². The molecule has 3 aromatic rings. The summed E-state index contributed by atoms with van der Waals surface area (Å²) < 4.78 is 0. The van der Waals surface area contributed by atoms with Crippen molar-refractivity contribution >= 4 is 22.7 Å². The monoisotopic (exact) mass is 295 g/mol. The molecule has 0 aliphatic rings. The third-order valence-corrected chi connectivity index (χ3v) is 3.97. The van der Waals surface area contributed by atoms with Crippen molar-refractivity contribution < 1.29 is 0 Å². The zero-order valence-electron chi connectivity index (χ0n) is 11.8. The van der Waals surface area contributed by atoms with Crippen molar-refractivity contribution in [2.75, 3.05) is 12.4 Å². The minimum atomic E-state index is 0.818. The number of rotatable bonds is 5. The van der Waals surface area contributed by atoms with Gasteiger partial charge in [-0.3, -0.25) is 0 Å². The fourth-order valence-electron chi connectivity index (χ4n) is 2.09. The van der Waals surface area contributed by atoms with E-state index in [1.54, 1.807) is 11.3 Å². The van der Waals surface area contributed by atoms with Gasteiger partial charge in [-0.2, -0.15) is 0 Å². The van der Waals surface area contributed by atoms with Crippen LogP contribution in [0.15, 0.2) is 60.0 Å². The van der Waals surface area contributed by atoms with E-state index in [-0.39, 0.29) is 0 Å². The van der Waals surface area contributed by atoms with Crippen LogP contribution in [0.25, 0.3) is 11.3 Å². The molecule has 0 fully saturated rings. The number of nitrogens with zero attached hydrogens (tertiary/aromatic N) is 1. The maximum absolute atomic E-state index is 4.62. The highest BCUT2D eigenvalue weighted by molar-refractivity contribution is 7.09. The van der Waals surface area contributed by atoms with Gasteiger partial charge >= 0.3 is 0 Å². The summed E-state index contributed by atoms with van der Waals surface area (Å²) in [4.78, 5) is 4.62. The highest BCUT2D eigenvalue weighted by Crippen LogP contribution is 2.24. The second-order valence-electron chi connectivity index (χ2n) is 4.73. The molecule has 0 atom stereocenters. The van der Waals surface area contributed by atoms with E-state index in [2.05, 4.69) is 57.4 Å². The van der Waals surface area contributed by atoms with Crippen LogP contribution in [0, 0.1) is 0 Å². The first kappa shape index (κ1) is 13.8. The number of benzene rings is 2. The molecule has 1 aromatic heterocycles. The molecule has 3 nitrogen and oxygen atoms in total.